The fraction of sp³-hybridized carbons (Fsp3) is 0.105. The second-order valence-corrected chi connectivity index (χ2v) is 7.66. The van der Waals surface area contributed by atoms with Crippen LogP contribution in [0.15, 0.2) is 83.9 Å². The molecule has 8 heteroatoms. The zero-order valence-electron chi connectivity index (χ0n) is 13.9. The van der Waals surface area contributed by atoms with Gasteiger partial charge in [-0.25, -0.2) is 8.42 Å². The zero-order valence-corrected chi connectivity index (χ0v) is 14.7. The number of pyridine rings is 1. The molecule has 1 N–H and O–H groups in total. The lowest BCUT2D eigenvalue weighted by atomic mass is 10.0. The Kier molecular flexibility index (Phi) is 5.18. The molecule has 0 amide bonds. The molecular formula is C19H15F3N2O2S. The van der Waals surface area contributed by atoms with Crippen molar-refractivity contribution in [2.45, 2.75) is 16.4 Å². The average Bonchev–Trinajstić information content (AvgIpc) is 2.67. The molecule has 140 valence electrons. The van der Waals surface area contributed by atoms with E-state index < -0.39 is 20.2 Å². The van der Waals surface area contributed by atoms with Gasteiger partial charge in [0.05, 0.1) is 16.6 Å². The maximum atomic E-state index is 12.7. The number of sulfone groups is 1. The predicted molar refractivity (Wildman–Crippen MR) is 95.8 cm³/mol. The number of nitrogens with zero attached hydrogens (tertiary/aromatic N) is 1. The Bertz CT molecular complexity index is 951. The third-order valence-corrected chi connectivity index (χ3v) is 5.40. The predicted octanol–water partition coefficient (Wildman–Crippen LogP) is 4.58. The van der Waals surface area contributed by atoms with Gasteiger partial charge in [0.25, 0.3) is 9.84 Å². The molecule has 0 unspecified atom stereocenters. The standard InChI is InChI=1S/C19H15F3N2O2S/c20-19(21,22)27(25,26)16-11-9-15(10-12-16)24-18(14-6-2-1-3-7-14)17-8-4-5-13-23-17/h1-13,18,24H/t18-/m0/s1. The van der Waals surface area contributed by atoms with Gasteiger partial charge in [-0.1, -0.05) is 36.4 Å². The SMILES string of the molecule is O=S(=O)(c1ccc(N[C@@H](c2ccccc2)c2ccccn2)cc1)C(F)(F)F. The largest absolute Gasteiger partial charge is 0.501 e. The molecule has 4 nitrogen and oxygen atoms in total. The Morgan fingerprint density at radius 3 is 2.04 bits per heavy atom. The van der Waals surface area contributed by atoms with Gasteiger partial charge in [-0.3, -0.25) is 4.98 Å². The second-order valence-electron chi connectivity index (χ2n) is 5.72. The lowest BCUT2D eigenvalue weighted by molar-refractivity contribution is -0.0436. The lowest BCUT2D eigenvalue weighted by Crippen LogP contribution is -2.23. The number of anilines is 1. The fourth-order valence-corrected chi connectivity index (χ4v) is 3.31. The summed E-state index contributed by atoms with van der Waals surface area (Å²) in [4.78, 5) is 3.54. The molecule has 0 saturated carbocycles. The molecule has 0 fully saturated rings. The number of hydrogen-bond acceptors (Lipinski definition) is 4. The normalized spacial score (nSPS) is 13.1. The Morgan fingerprint density at radius 2 is 1.48 bits per heavy atom. The van der Waals surface area contributed by atoms with Crippen LogP contribution in [0.2, 0.25) is 0 Å². The Labute approximate surface area is 154 Å². The molecule has 1 heterocycles. The van der Waals surface area contributed by atoms with E-state index in [0.29, 0.717) is 5.69 Å². The molecule has 3 rings (SSSR count). The number of nitrogens with one attached hydrogen (secondary N) is 1. The van der Waals surface area contributed by atoms with Crippen molar-refractivity contribution in [3.8, 4) is 0 Å². The summed E-state index contributed by atoms with van der Waals surface area (Å²) in [6.07, 6.45) is 1.64. The van der Waals surface area contributed by atoms with Crippen LogP contribution in [-0.2, 0) is 9.84 Å². The summed E-state index contributed by atoms with van der Waals surface area (Å²) in [7, 11) is -5.37. The van der Waals surface area contributed by atoms with Gasteiger partial charge in [-0.15, -0.1) is 0 Å². The summed E-state index contributed by atoms with van der Waals surface area (Å²) >= 11 is 0. The smallest absolute Gasteiger partial charge is 0.373 e. The van der Waals surface area contributed by atoms with Crippen LogP contribution in [0.3, 0.4) is 0 Å². The van der Waals surface area contributed by atoms with Crippen LogP contribution in [0, 0.1) is 0 Å². The number of alkyl halides is 3. The minimum Gasteiger partial charge on any atom is -0.373 e. The second kappa shape index (κ2) is 7.40. The highest BCUT2D eigenvalue weighted by Gasteiger charge is 2.46. The average molecular weight is 392 g/mol. The van der Waals surface area contributed by atoms with E-state index >= 15 is 0 Å². The monoisotopic (exact) mass is 392 g/mol. The van der Waals surface area contributed by atoms with Crippen molar-refractivity contribution in [3.63, 3.8) is 0 Å². The van der Waals surface area contributed by atoms with Gasteiger partial charge >= 0.3 is 5.51 Å². The summed E-state index contributed by atoms with van der Waals surface area (Å²) in [6.45, 7) is 0. The van der Waals surface area contributed by atoms with E-state index in [-0.39, 0.29) is 6.04 Å². The highest BCUT2D eigenvalue weighted by molar-refractivity contribution is 7.92. The highest BCUT2D eigenvalue weighted by Crippen LogP contribution is 2.31. The van der Waals surface area contributed by atoms with Crippen LogP contribution < -0.4 is 5.32 Å². The third-order valence-electron chi connectivity index (χ3n) is 3.90. The quantitative estimate of drug-likeness (QED) is 0.691. The third kappa shape index (κ3) is 4.11. The van der Waals surface area contributed by atoms with Crippen molar-refractivity contribution in [3.05, 3.63) is 90.3 Å². The van der Waals surface area contributed by atoms with Gasteiger partial charge in [0.2, 0.25) is 0 Å². The maximum Gasteiger partial charge on any atom is 0.501 e. The van der Waals surface area contributed by atoms with Crippen molar-refractivity contribution in [1.29, 1.82) is 0 Å². The molecule has 0 aliphatic carbocycles. The first-order valence-corrected chi connectivity index (χ1v) is 9.41. The van der Waals surface area contributed by atoms with Gasteiger partial charge in [-0.2, -0.15) is 13.2 Å². The maximum absolute atomic E-state index is 12.7. The summed E-state index contributed by atoms with van der Waals surface area (Å²) in [6, 6.07) is 19.0. The molecule has 0 aliphatic rings. The molecule has 1 atom stereocenters. The summed E-state index contributed by atoms with van der Waals surface area (Å²) in [5.74, 6) is 0. The Balaban J connectivity index is 1.91. The van der Waals surface area contributed by atoms with E-state index in [4.69, 9.17) is 0 Å². The van der Waals surface area contributed by atoms with Crippen LogP contribution >= 0.6 is 0 Å². The van der Waals surface area contributed by atoms with Crippen LogP contribution in [0.1, 0.15) is 17.3 Å². The molecule has 0 spiro atoms. The number of hydrogen-bond donors (Lipinski definition) is 1. The molecule has 0 radical (unpaired) electrons. The van der Waals surface area contributed by atoms with E-state index in [9.17, 15) is 21.6 Å². The van der Waals surface area contributed by atoms with Crippen LogP contribution in [0.4, 0.5) is 18.9 Å². The van der Waals surface area contributed by atoms with E-state index in [2.05, 4.69) is 10.3 Å². The first-order chi connectivity index (χ1) is 12.8. The van der Waals surface area contributed by atoms with Gasteiger partial charge < -0.3 is 5.32 Å². The fourth-order valence-electron chi connectivity index (χ4n) is 2.55. The van der Waals surface area contributed by atoms with Gasteiger partial charge in [-0.05, 0) is 42.0 Å². The Hall–Kier alpha value is -2.87. The zero-order chi connectivity index (χ0) is 19.5. The van der Waals surface area contributed by atoms with Crippen molar-refractivity contribution < 1.29 is 21.6 Å². The lowest BCUT2D eigenvalue weighted by Gasteiger charge is -2.20. The van der Waals surface area contributed by atoms with Crippen molar-refractivity contribution in [2.75, 3.05) is 5.32 Å². The highest BCUT2D eigenvalue weighted by atomic mass is 32.2. The van der Waals surface area contributed by atoms with E-state index in [1.54, 1.807) is 12.3 Å². The van der Waals surface area contributed by atoms with Crippen molar-refractivity contribution >= 4 is 15.5 Å². The number of rotatable bonds is 5. The van der Waals surface area contributed by atoms with Gasteiger partial charge in [0.1, 0.15) is 0 Å². The number of aromatic nitrogens is 1. The number of benzene rings is 2. The molecule has 1 aromatic heterocycles. The van der Waals surface area contributed by atoms with Gasteiger partial charge in [0.15, 0.2) is 0 Å². The van der Waals surface area contributed by atoms with E-state index in [1.807, 2.05) is 42.5 Å². The molecule has 0 saturated heterocycles. The van der Waals surface area contributed by atoms with Crippen molar-refractivity contribution in [2.24, 2.45) is 0 Å². The van der Waals surface area contributed by atoms with Crippen LogP contribution in [0.5, 0.6) is 0 Å². The number of halogens is 3. The Morgan fingerprint density at radius 1 is 0.852 bits per heavy atom. The molecule has 2 aromatic carbocycles. The van der Waals surface area contributed by atoms with Crippen LogP contribution in [-0.4, -0.2) is 18.9 Å². The first-order valence-electron chi connectivity index (χ1n) is 7.93. The molecular weight excluding hydrogens is 377 g/mol. The molecule has 3 aromatic rings. The summed E-state index contributed by atoms with van der Waals surface area (Å²) in [5.41, 5.74) is -3.24. The summed E-state index contributed by atoms with van der Waals surface area (Å²) in [5, 5.41) is 3.19. The first kappa shape index (κ1) is 18.9. The minimum atomic E-state index is -5.37. The van der Waals surface area contributed by atoms with E-state index in [1.165, 1.54) is 12.1 Å². The molecule has 27 heavy (non-hydrogen) atoms. The van der Waals surface area contributed by atoms with Gasteiger partial charge in [0, 0.05) is 11.9 Å². The minimum absolute atomic E-state index is 0.350. The topological polar surface area (TPSA) is 59.1 Å². The van der Waals surface area contributed by atoms with Crippen LogP contribution in [0.25, 0.3) is 0 Å². The summed E-state index contributed by atoms with van der Waals surface area (Å²) < 4.78 is 60.9. The molecule has 0 bridgehead atoms. The van der Waals surface area contributed by atoms with E-state index in [0.717, 1.165) is 23.4 Å². The van der Waals surface area contributed by atoms with Crippen molar-refractivity contribution in [1.82, 2.24) is 4.98 Å². The molecule has 0 aliphatic heterocycles.